The molecule has 2 amide bonds. The lowest BCUT2D eigenvalue weighted by molar-refractivity contribution is -0.132. The van der Waals surface area contributed by atoms with Crippen LogP contribution in [0.2, 0.25) is 0 Å². The zero-order valence-electron chi connectivity index (χ0n) is 22.2. The quantitative estimate of drug-likeness (QED) is 0.537. The highest BCUT2D eigenvalue weighted by atomic mass is 32.2. The third kappa shape index (κ3) is 5.14. The topological polar surface area (TPSA) is 105 Å². The van der Waals surface area contributed by atoms with Crippen LogP contribution < -0.4 is 0 Å². The number of alkyl halides is 2. The van der Waals surface area contributed by atoms with Gasteiger partial charge in [0, 0.05) is 56.7 Å². The molecule has 2 aromatic rings. The van der Waals surface area contributed by atoms with Crippen LogP contribution >= 0.6 is 0 Å². The van der Waals surface area contributed by atoms with Gasteiger partial charge in [0.2, 0.25) is 5.91 Å². The second-order valence-corrected chi connectivity index (χ2v) is 13.0. The minimum absolute atomic E-state index is 0.0795. The fourth-order valence-electron chi connectivity index (χ4n) is 6.24. The highest BCUT2D eigenvalue weighted by molar-refractivity contribution is 7.90. The van der Waals surface area contributed by atoms with Crippen molar-refractivity contribution in [2.45, 2.75) is 48.3 Å². The van der Waals surface area contributed by atoms with E-state index in [1.54, 1.807) is 29.2 Å². The van der Waals surface area contributed by atoms with Crippen LogP contribution in [0, 0.1) is 0 Å². The van der Waals surface area contributed by atoms with Crippen LogP contribution in [-0.2, 0) is 25.1 Å². The van der Waals surface area contributed by atoms with Gasteiger partial charge in [-0.25, -0.2) is 17.2 Å². The van der Waals surface area contributed by atoms with Crippen LogP contribution in [0.1, 0.15) is 47.8 Å². The van der Waals surface area contributed by atoms with E-state index in [0.717, 1.165) is 19.4 Å². The number of nitrogens with zero attached hydrogens (tertiary/aromatic N) is 5. The number of hydrogen-bond donors (Lipinski definition) is 0. The van der Waals surface area contributed by atoms with Crippen molar-refractivity contribution in [1.82, 2.24) is 24.5 Å². The molecular formula is C27H33F2N5O5S. The van der Waals surface area contributed by atoms with Gasteiger partial charge in [-0.1, -0.05) is 18.2 Å². The fraction of sp³-hybridized carbons (Fsp3) is 0.593. The van der Waals surface area contributed by atoms with Crippen molar-refractivity contribution in [3.63, 3.8) is 0 Å². The Balaban J connectivity index is 1.28. The number of halogens is 2. The Morgan fingerprint density at radius 3 is 2.60 bits per heavy atom. The molecule has 4 aliphatic heterocycles. The molecule has 1 atom stereocenters. The standard InChI is InChI=1S/C27H33F2N5O5S/c28-27(29)8-11-33(18-27)23(35)7-10-31-9-3-4-19(16-31)34-25-20-5-1-2-6-22(20)40(37,38)17-21(25)24(30-34)26(36)32-12-14-39-15-13-32/h1-2,5-6,19H,3-4,7-18H2/t19-/m0/s1. The summed E-state index contributed by atoms with van der Waals surface area (Å²) in [5.41, 5.74) is 1.79. The van der Waals surface area contributed by atoms with Gasteiger partial charge in [-0.15, -0.1) is 0 Å². The summed E-state index contributed by atoms with van der Waals surface area (Å²) in [4.78, 5) is 31.4. The van der Waals surface area contributed by atoms with Crippen LogP contribution in [0.5, 0.6) is 0 Å². The third-order valence-electron chi connectivity index (χ3n) is 8.31. The molecule has 0 N–H and O–H groups in total. The summed E-state index contributed by atoms with van der Waals surface area (Å²) in [6, 6.07) is 6.68. The smallest absolute Gasteiger partial charge is 0.274 e. The van der Waals surface area contributed by atoms with Gasteiger partial charge in [-0.05, 0) is 25.5 Å². The van der Waals surface area contributed by atoms with E-state index >= 15 is 0 Å². The molecule has 5 heterocycles. The number of sulfone groups is 1. The van der Waals surface area contributed by atoms with Crippen molar-refractivity contribution in [1.29, 1.82) is 0 Å². The molecule has 216 valence electrons. The first-order chi connectivity index (χ1) is 19.1. The monoisotopic (exact) mass is 577 g/mol. The number of carbonyl (C=O) groups is 2. The first kappa shape index (κ1) is 27.3. The number of rotatable bonds is 5. The molecule has 1 aromatic carbocycles. The maximum atomic E-state index is 13.6. The van der Waals surface area contributed by atoms with Crippen LogP contribution in [0.15, 0.2) is 29.2 Å². The largest absolute Gasteiger partial charge is 0.378 e. The van der Waals surface area contributed by atoms with Crippen molar-refractivity contribution >= 4 is 21.7 Å². The number of ether oxygens (including phenoxy) is 1. The van der Waals surface area contributed by atoms with Gasteiger partial charge in [0.15, 0.2) is 15.5 Å². The average Bonchev–Trinajstić information content (AvgIpc) is 3.51. The van der Waals surface area contributed by atoms with Crippen LogP contribution in [0.25, 0.3) is 11.3 Å². The second kappa shape index (κ2) is 10.5. The van der Waals surface area contributed by atoms with E-state index in [4.69, 9.17) is 9.84 Å². The van der Waals surface area contributed by atoms with Gasteiger partial charge in [0.1, 0.15) is 0 Å². The summed E-state index contributed by atoms with van der Waals surface area (Å²) in [6.07, 6.45) is 1.46. The first-order valence-corrected chi connectivity index (χ1v) is 15.5. The van der Waals surface area contributed by atoms with Crippen LogP contribution in [0.4, 0.5) is 8.78 Å². The SMILES string of the molecule is O=C(CCN1CCC[C@H](n2nc(C(=O)N3CCOCC3)c3c2-c2ccccc2S(=O)(=O)C3)C1)N1CCC(F)(F)C1. The summed E-state index contributed by atoms with van der Waals surface area (Å²) in [7, 11) is -3.66. The number of fused-ring (bicyclic) bond motifs is 3. The summed E-state index contributed by atoms with van der Waals surface area (Å²) in [6.45, 7) is 2.97. The summed E-state index contributed by atoms with van der Waals surface area (Å²) in [5.74, 6) is -3.68. The maximum Gasteiger partial charge on any atom is 0.274 e. The van der Waals surface area contributed by atoms with Gasteiger partial charge in [-0.2, -0.15) is 5.10 Å². The second-order valence-electron chi connectivity index (χ2n) is 11.0. The average molecular weight is 578 g/mol. The number of hydrogen-bond acceptors (Lipinski definition) is 7. The lowest BCUT2D eigenvalue weighted by Gasteiger charge is -2.34. The highest BCUT2D eigenvalue weighted by Crippen LogP contribution is 2.42. The number of amides is 2. The highest BCUT2D eigenvalue weighted by Gasteiger charge is 2.41. The number of piperidine rings is 1. The molecule has 13 heteroatoms. The number of benzene rings is 1. The Morgan fingerprint density at radius 1 is 1.07 bits per heavy atom. The van der Waals surface area contributed by atoms with E-state index in [2.05, 4.69) is 4.90 Å². The van der Waals surface area contributed by atoms with Gasteiger partial charge in [0.05, 0.1) is 42.1 Å². The van der Waals surface area contributed by atoms with Crippen molar-refractivity contribution in [3.05, 3.63) is 35.5 Å². The van der Waals surface area contributed by atoms with Crippen LogP contribution in [0.3, 0.4) is 0 Å². The molecule has 0 aliphatic carbocycles. The predicted octanol–water partition coefficient (Wildman–Crippen LogP) is 2.20. The van der Waals surface area contributed by atoms with Crippen molar-refractivity contribution in [3.8, 4) is 11.3 Å². The minimum atomic E-state index is -3.66. The molecule has 0 saturated carbocycles. The Hall–Kier alpha value is -2.90. The summed E-state index contributed by atoms with van der Waals surface area (Å²) in [5, 5.41) is 4.80. The first-order valence-electron chi connectivity index (χ1n) is 13.8. The van der Waals surface area contributed by atoms with Crippen molar-refractivity contribution < 1.29 is 31.5 Å². The molecule has 3 saturated heterocycles. The number of likely N-dealkylation sites (tertiary alicyclic amines) is 2. The van der Waals surface area contributed by atoms with Gasteiger partial charge < -0.3 is 19.4 Å². The zero-order valence-corrected chi connectivity index (χ0v) is 23.0. The van der Waals surface area contributed by atoms with E-state index < -0.39 is 22.3 Å². The fourth-order valence-corrected chi connectivity index (χ4v) is 7.83. The Bertz CT molecular complexity index is 1420. The Kier molecular flexibility index (Phi) is 7.16. The lowest BCUT2D eigenvalue weighted by Crippen LogP contribution is -2.41. The van der Waals surface area contributed by atoms with Gasteiger partial charge >= 0.3 is 0 Å². The summed E-state index contributed by atoms with van der Waals surface area (Å²) < 4.78 is 60.9. The molecule has 0 radical (unpaired) electrons. The van der Waals surface area contributed by atoms with E-state index in [0.29, 0.717) is 56.2 Å². The molecule has 1 aromatic heterocycles. The molecule has 0 bridgehead atoms. The van der Waals surface area contributed by atoms with Gasteiger partial charge in [0.25, 0.3) is 11.8 Å². The molecule has 3 fully saturated rings. The van der Waals surface area contributed by atoms with E-state index in [1.165, 1.54) is 4.90 Å². The van der Waals surface area contributed by atoms with Crippen molar-refractivity contribution in [2.75, 3.05) is 59.0 Å². The van der Waals surface area contributed by atoms with E-state index in [-0.39, 0.29) is 53.6 Å². The molecule has 40 heavy (non-hydrogen) atoms. The minimum Gasteiger partial charge on any atom is -0.378 e. The van der Waals surface area contributed by atoms with Crippen LogP contribution in [-0.4, -0.2) is 110 Å². The number of morpholine rings is 1. The number of carbonyl (C=O) groups excluding carboxylic acids is 2. The van der Waals surface area contributed by atoms with Crippen molar-refractivity contribution in [2.24, 2.45) is 0 Å². The maximum absolute atomic E-state index is 13.6. The molecular weight excluding hydrogens is 544 g/mol. The molecule has 4 aliphatic rings. The van der Waals surface area contributed by atoms with E-state index in [9.17, 15) is 26.8 Å². The normalized spacial score (nSPS) is 24.0. The molecule has 6 rings (SSSR count). The summed E-state index contributed by atoms with van der Waals surface area (Å²) >= 11 is 0. The zero-order chi connectivity index (χ0) is 28.1. The number of aromatic nitrogens is 2. The lowest BCUT2D eigenvalue weighted by atomic mass is 10.0. The van der Waals surface area contributed by atoms with Gasteiger partial charge in [-0.3, -0.25) is 14.3 Å². The third-order valence-corrected chi connectivity index (χ3v) is 10.0. The van der Waals surface area contributed by atoms with E-state index in [1.807, 2.05) is 4.68 Å². The Morgan fingerprint density at radius 2 is 1.85 bits per heavy atom. The molecule has 0 unspecified atom stereocenters. The predicted molar refractivity (Wildman–Crippen MR) is 141 cm³/mol. The molecule has 0 spiro atoms. The molecule has 10 nitrogen and oxygen atoms in total. The Labute approximate surface area is 231 Å².